The fourth-order valence-electron chi connectivity index (χ4n) is 2.57. The molecule has 2 nitrogen and oxygen atoms in total. The minimum atomic E-state index is -1.30. The number of aldehydes is 2. The molecule has 2 atom stereocenters. The third-order valence-corrected chi connectivity index (χ3v) is 4.34. The van der Waals surface area contributed by atoms with Gasteiger partial charge in [0.2, 0.25) is 0 Å². The van der Waals surface area contributed by atoms with Gasteiger partial charge in [0.15, 0.2) is 0 Å². The van der Waals surface area contributed by atoms with E-state index in [-0.39, 0.29) is 0 Å². The lowest BCUT2D eigenvalue weighted by molar-refractivity contribution is -0.114. The highest BCUT2D eigenvalue weighted by Gasteiger charge is 2.39. The molecule has 0 aliphatic heterocycles. The molecular formula is C16H10Cl2O2. The molecule has 0 bridgehead atoms. The van der Waals surface area contributed by atoms with Gasteiger partial charge in [-0.2, -0.15) is 0 Å². The number of rotatable bonds is 2. The molecule has 100 valence electrons. The molecule has 20 heavy (non-hydrogen) atoms. The van der Waals surface area contributed by atoms with Gasteiger partial charge in [-0.3, -0.25) is 0 Å². The molecule has 0 amide bonds. The quantitative estimate of drug-likeness (QED) is 0.621. The Balaban J connectivity index is 2.28. The lowest BCUT2D eigenvalue weighted by Gasteiger charge is -2.29. The number of hydrogen-bond donors (Lipinski definition) is 0. The highest BCUT2D eigenvalue weighted by molar-refractivity contribution is 6.35. The van der Waals surface area contributed by atoms with Crippen LogP contribution in [0.3, 0.4) is 0 Å². The average Bonchev–Trinajstić information content (AvgIpc) is 2.45. The Hall–Kier alpha value is -1.64. The molecule has 0 aromatic heterocycles. The number of allylic oxidation sites excluding steroid dienone is 1. The summed E-state index contributed by atoms with van der Waals surface area (Å²) in [7, 11) is 0. The summed E-state index contributed by atoms with van der Waals surface area (Å²) in [6.07, 6.45) is 4.68. The first-order valence-electron chi connectivity index (χ1n) is 6.10. The summed E-state index contributed by atoms with van der Waals surface area (Å²) in [5, 5.41) is 2.60. The Morgan fingerprint density at radius 3 is 2.60 bits per heavy atom. The van der Waals surface area contributed by atoms with Crippen LogP contribution < -0.4 is 0 Å². The molecule has 0 fully saturated rings. The fourth-order valence-corrected chi connectivity index (χ4v) is 2.98. The Morgan fingerprint density at radius 1 is 1.10 bits per heavy atom. The maximum absolute atomic E-state index is 11.4. The van der Waals surface area contributed by atoms with E-state index in [1.807, 2.05) is 24.3 Å². The predicted molar refractivity (Wildman–Crippen MR) is 81.4 cm³/mol. The van der Waals surface area contributed by atoms with Gasteiger partial charge in [0.25, 0.3) is 0 Å². The summed E-state index contributed by atoms with van der Waals surface area (Å²) in [6, 6.07) is 9.38. The SMILES string of the molecule is O=CC1c2cc3ccc(Cl)cc3cc2C=CC1(Cl)C=O. The second kappa shape index (κ2) is 4.72. The monoisotopic (exact) mass is 304 g/mol. The smallest absolute Gasteiger partial charge is 0.145 e. The van der Waals surface area contributed by atoms with E-state index in [1.54, 1.807) is 18.2 Å². The first-order chi connectivity index (χ1) is 9.57. The van der Waals surface area contributed by atoms with E-state index in [0.29, 0.717) is 11.3 Å². The molecule has 3 rings (SSSR count). The molecule has 0 heterocycles. The van der Waals surface area contributed by atoms with Gasteiger partial charge < -0.3 is 9.59 Å². The average molecular weight is 305 g/mol. The summed E-state index contributed by atoms with van der Waals surface area (Å²) in [6.45, 7) is 0. The molecule has 1 aliphatic rings. The van der Waals surface area contributed by atoms with Crippen molar-refractivity contribution in [3.8, 4) is 0 Å². The largest absolute Gasteiger partial charge is 0.303 e. The molecule has 0 radical (unpaired) electrons. The number of carbonyl (C=O) groups is 2. The van der Waals surface area contributed by atoms with Gasteiger partial charge in [-0.1, -0.05) is 29.8 Å². The van der Waals surface area contributed by atoms with Crippen LogP contribution in [0.2, 0.25) is 5.02 Å². The van der Waals surface area contributed by atoms with Crippen LogP contribution in [-0.4, -0.2) is 17.4 Å². The standard InChI is InChI=1S/C16H10Cl2O2/c17-13-2-1-10-7-14-11(5-12(10)6-13)3-4-16(18,9-20)15(14)8-19/h1-9,15H. The van der Waals surface area contributed by atoms with Gasteiger partial charge >= 0.3 is 0 Å². The van der Waals surface area contributed by atoms with E-state index in [9.17, 15) is 9.59 Å². The van der Waals surface area contributed by atoms with Crippen molar-refractivity contribution in [2.45, 2.75) is 10.8 Å². The number of alkyl halides is 1. The first kappa shape index (κ1) is 13.3. The van der Waals surface area contributed by atoms with E-state index in [4.69, 9.17) is 23.2 Å². The number of benzene rings is 2. The van der Waals surface area contributed by atoms with E-state index < -0.39 is 10.8 Å². The van der Waals surface area contributed by atoms with Crippen LogP contribution in [0.1, 0.15) is 17.0 Å². The van der Waals surface area contributed by atoms with E-state index in [1.165, 1.54) is 0 Å². The van der Waals surface area contributed by atoms with Gasteiger partial charge in [-0.25, -0.2) is 0 Å². The van der Waals surface area contributed by atoms with Crippen molar-refractivity contribution in [3.05, 3.63) is 52.6 Å². The van der Waals surface area contributed by atoms with Gasteiger partial charge in [0, 0.05) is 5.02 Å². The van der Waals surface area contributed by atoms with Gasteiger partial charge in [0.1, 0.15) is 17.4 Å². The molecule has 2 aromatic carbocycles. The minimum absolute atomic E-state index is 0.610. The lowest BCUT2D eigenvalue weighted by atomic mass is 9.79. The zero-order valence-electron chi connectivity index (χ0n) is 10.3. The first-order valence-corrected chi connectivity index (χ1v) is 6.86. The predicted octanol–water partition coefficient (Wildman–Crippen LogP) is 3.98. The Bertz CT molecular complexity index is 751. The number of fused-ring (bicyclic) bond motifs is 2. The van der Waals surface area contributed by atoms with Crippen LogP contribution >= 0.6 is 23.2 Å². The molecule has 4 heteroatoms. The number of hydrogen-bond acceptors (Lipinski definition) is 2. The van der Waals surface area contributed by atoms with Crippen molar-refractivity contribution in [2.24, 2.45) is 0 Å². The number of carbonyl (C=O) groups excluding carboxylic acids is 2. The summed E-state index contributed by atoms with van der Waals surface area (Å²) in [5.41, 5.74) is 1.65. The van der Waals surface area contributed by atoms with Crippen molar-refractivity contribution in [3.63, 3.8) is 0 Å². The molecule has 0 saturated carbocycles. The Kier molecular flexibility index (Phi) is 3.15. The van der Waals surface area contributed by atoms with Crippen LogP contribution in [0.15, 0.2) is 36.4 Å². The third-order valence-electron chi connectivity index (χ3n) is 3.65. The topological polar surface area (TPSA) is 34.1 Å². The summed E-state index contributed by atoms with van der Waals surface area (Å²) >= 11 is 12.2. The van der Waals surface area contributed by atoms with Crippen molar-refractivity contribution >= 4 is 52.6 Å². The second-order valence-corrected chi connectivity index (χ2v) is 5.96. The van der Waals surface area contributed by atoms with E-state index >= 15 is 0 Å². The van der Waals surface area contributed by atoms with Crippen molar-refractivity contribution in [2.75, 3.05) is 0 Å². The van der Waals surface area contributed by atoms with Crippen LogP contribution in [0.5, 0.6) is 0 Å². The molecule has 0 spiro atoms. The minimum Gasteiger partial charge on any atom is -0.303 e. The summed E-state index contributed by atoms with van der Waals surface area (Å²) in [5.74, 6) is -0.679. The lowest BCUT2D eigenvalue weighted by Crippen LogP contribution is -2.33. The Morgan fingerprint density at radius 2 is 1.90 bits per heavy atom. The second-order valence-electron chi connectivity index (χ2n) is 4.86. The molecule has 2 aromatic rings. The van der Waals surface area contributed by atoms with E-state index in [0.717, 1.165) is 28.2 Å². The maximum atomic E-state index is 11.4. The summed E-state index contributed by atoms with van der Waals surface area (Å²) < 4.78 is 0. The molecule has 1 aliphatic carbocycles. The molecule has 0 N–H and O–H groups in total. The van der Waals surface area contributed by atoms with Gasteiger partial charge in [0.05, 0.1) is 5.92 Å². The Labute approximate surface area is 126 Å². The van der Waals surface area contributed by atoms with Crippen LogP contribution in [0, 0.1) is 0 Å². The molecule has 2 unspecified atom stereocenters. The zero-order valence-corrected chi connectivity index (χ0v) is 11.9. The fraction of sp³-hybridized carbons (Fsp3) is 0.125. The van der Waals surface area contributed by atoms with Crippen molar-refractivity contribution < 1.29 is 9.59 Å². The maximum Gasteiger partial charge on any atom is 0.145 e. The van der Waals surface area contributed by atoms with Crippen molar-refractivity contribution in [1.82, 2.24) is 0 Å². The van der Waals surface area contributed by atoms with Crippen LogP contribution in [0.4, 0.5) is 0 Å². The third kappa shape index (κ3) is 1.96. The van der Waals surface area contributed by atoms with Gasteiger partial charge in [-0.15, -0.1) is 11.6 Å². The van der Waals surface area contributed by atoms with Crippen LogP contribution in [0.25, 0.3) is 16.8 Å². The van der Waals surface area contributed by atoms with Crippen LogP contribution in [-0.2, 0) is 9.59 Å². The normalized spacial score (nSPS) is 24.4. The number of halogens is 2. The summed E-state index contributed by atoms with van der Waals surface area (Å²) in [4.78, 5) is 21.3. The van der Waals surface area contributed by atoms with E-state index in [2.05, 4.69) is 0 Å². The highest BCUT2D eigenvalue weighted by Crippen LogP contribution is 2.40. The molecular weight excluding hydrogens is 295 g/mol. The van der Waals surface area contributed by atoms with Gasteiger partial charge in [-0.05, 0) is 46.2 Å². The molecule has 0 saturated heterocycles. The zero-order chi connectivity index (χ0) is 14.3. The highest BCUT2D eigenvalue weighted by atomic mass is 35.5. The van der Waals surface area contributed by atoms with Crippen molar-refractivity contribution in [1.29, 1.82) is 0 Å².